The first-order valence-corrected chi connectivity index (χ1v) is 7.37. The van der Waals surface area contributed by atoms with E-state index in [9.17, 15) is 19.8 Å². The molecule has 0 aliphatic heterocycles. The zero-order chi connectivity index (χ0) is 15.6. The van der Waals surface area contributed by atoms with Gasteiger partial charge in [0.2, 0.25) is 0 Å². The summed E-state index contributed by atoms with van der Waals surface area (Å²) in [6.45, 7) is 3.08. The van der Waals surface area contributed by atoms with E-state index in [1.165, 1.54) is 13.0 Å². The predicted octanol–water partition coefficient (Wildman–Crippen LogP) is 0.906. The van der Waals surface area contributed by atoms with Crippen LogP contribution in [0.1, 0.15) is 24.4 Å². The molecular formula is C14H16N2O4S. The minimum absolute atomic E-state index is 0.0943. The lowest BCUT2D eigenvalue weighted by Crippen LogP contribution is -2.21. The van der Waals surface area contributed by atoms with Gasteiger partial charge in [-0.25, -0.2) is 4.98 Å². The lowest BCUT2D eigenvalue weighted by Gasteiger charge is -2.17. The molecule has 0 fully saturated rings. The standard InChI is InChI=1S/C14H16N2O4S/c1-7-15-11-4-3-9(5-10(11)14(20)16-7)13(19)12(18)6-21-8(2)17/h3-5,12-13,18-19H,6H2,1-2H3,(H,15,16,20). The second-order valence-corrected chi connectivity index (χ2v) is 5.94. The highest BCUT2D eigenvalue weighted by Crippen LogP contribution is 2.22. The van der Waals surface area contributed by atoms with Gasteiger partial charge in [-0.3, -0.25) is 9.59 Å². The molecule has 3 N–H and O–H groups in total. The Kier molecular flexibility index (Phi) is 4.76. The van der Waals surface area contributed by atoms with Gasteiger partial charge in [-0.2, -0.15) is 0 Å². The van der Waals surface area contributed by atoms with Gasteiger partial charge >= 0.3 is 0 Å². The second-order valence-electron chi connectivity index (χ2n) is 4.74. The average Bonchev–Trinajstić information content (AvgIpc) is 2.43. The van der Waals surface area contributed by atoms with Gasteiger partial charge in [0.25, 0.3) is 5.56 Å². The number of nitrogens with zero attached hydrogens (tertiary/aromatic N) is 1. The van der Waals surface area contributed by atoms with Crippen molar-refractivity contribution in [2.24, 2.45) is 0 Å². The molecule has 0 bridgehead atoms. The number of carbonyl (C=O) groups is 1. The van der Waals surface area contributed by atoms with Gasteiger partial charge in [0.15, 0.2) is 5.12 Å². The number of rotatable bonds is 4. The Bertz CT molecular complexity index is 728. The molecular weight excluding hydrogens is 292 g/mol. The van der Waals surface area contributed by atoms with Gasteiger partial charge in [0, 0.05) is 12.7 Å². The van der Waals surface area contributed by atoms with Gasteiger partial charge in [-0.1, -0.05) is 17.8 Å². The van der Waals surface area contributed by atoms with E-state index in [4.69, 9.17) is 0 Å². The highest BCUT2D eigenvalue weighted by Gasteiger charge is 2.20. The maximum absolute atomic E-state index is 11.9. The monoisotopic (exact) mass is 308 g/mol. The summed E-state index contributed by atoms with van der Waals surface area (Å²) >= 11 is 0.942. The first kappa shape index (κ1) is 15.7. The number of benzene rings is 1. The number of aromatic amines is 1. The third kappa shape index (κ3) is 3.69. The number of fused-ring (bicyclic) bond motifs is 1. The molecule has 6 nitrogen and oxygen atoms in total. The summed E-state index contributed by atoms with van der Waals surface area (Å²) < 4.78 is 0. The van der Waals surface area contributed by atoms with Gasteiger partial charge in [0.05, 0.1) is 17.0 Å². The van der Waals surface area contributed by atoms with Crippen molar-refractivity contribution in [3.05, 3.63) is 39.9 Å². The predicted molar refractivity (Wildman–Crippen MR) is 81.2 cm³/mol. The smallest absolute Gasteiger partial charge is 0.258 e. The van der Waals surface area contributed by atoms with E-state index in [0.29, 0.717) is 22.3 Å². The molecule has 1 heterocycles. The zero-order valence-corrected chi connectivity index (χ0v) is 12.5. The van der Waals surface area contributed by atoms with Crippen LogP contribution in [0.25, 0.3) is 10.9 Å². The maximum atomic E-state index is 11.9. The highest BCUT2D eigenvalue weighted by molar-refractivity contribution is 8.13. The molecule has 0 saturated heterocycles. The molecule has 0 aliphatic rings. The molecule has 2 unspecified atom stereocenters. The topological polar surface area (TPSA) is 103 Å². The Morgan fingerprint density at radius 3 is 2.81 bits per heavy atom. The molecule has 7 heteroatoms. The van der Waals surface area contributed by atoms with Crippen LogP contribution in [0, 0.1) is 6.92 Å². The Morgan fingerprint density at radius 1 is 1.43 bits per heavy atom. The molecule has 0 amide bonds. The van der Waals surface area contributed by atoms with Crippen molar-refractivity contribution >= 4 is 27.8 Å². The molecule has 1 aromatic heterocycles. The number of aromatic nitrogens is 2. The molecule has 0 radical (unpaired) electrons. The highest BCUT2D eigenvalue weighted by atomic mass is 32.2. The summed E-state index contributed by atoms with van der Waals surface area (Å²) in [7, 11) is 0. The average molecular weight is 308 g/mol. The summed E-state index contributed by atoms with van der Waals surface area (Å²) in [4.78, 5) is 29.5. The van der Waals surface area contributed by atoms with Crippen LogP contribution >= 0.6 is 11.8 Å². The third-order valence-corrected chi connectivity index (χ3v) is 3.93. The van der Waals surface area contributed by atoms with Crippen molar-refractivity contribution in [3.63, 3.8) is 0 Å². The summed E-state index contributed by atoms with van der Waals surface area (Å²) in [5.41, 5.74) is 0.647. The van der Waals surface area contributed by atoms with Crippen molar-refractivity contribution in [1.82, 2.24) is 9.97 Å². The second kappa shape index (κ2) is 6.38. The number of hydrogen-bond acceptors (Lipinski definition) is 6. The van der Waals surface area contributed by atoms with Crippen molar-refractivity contribution in [2.45, 2.75) is 26.1 Å². The zero-order valence-electron chi connectivity index (χ0n) is 11.7. The van der Waals surface area contributed by atoms with Crippen molar-refractivity contribution in [3.8, 4) is 0 Å². The minimum Gasteiger partial charge on any atom is -0.389 e. The quantitative estimate of drug-likeness (QED) is 0.775. The van der Waals surface area contributed by atoms with E-state index < -0.39 is 12.2 Å². The van der Waals surface area contributed by atoms with E-state index in [1.807, 2.05) is 0 Å². The molecule has 112 valence electrons. The Morgan fingerprint density at radius 2 is 2.14 bits per heavy atom. The summed E-state index contributed by atoms with van der Waals surface area (Å²) in [5, 5.41) is 20.2. The number of H-pyrrole nitrogens is 1. The molecule has 2 aromatic rings. The number of aryl methyl sites for hydroxylation is 1. The van der Waals surface area contributed by atoms with Gasteiger partial charge in [0.1, 0.15) is 11.9 Å². The molecule has 0 spiro atoms. The SMILES string of the molecule is CC(=O)SCC(O)C(O)c1ccc2nc(C)[nH]c(=O)c2c1. The third-order valence-electron chi connectivity index (χ3n) is 3.01. The van der Waals surface area contributed by atoms with Crippen molar-refractivity contribution in [1.29, 1.82) is 0 Å². The van der Waals surface area contributed by atoms with Crippen LogP contribution in [-0.2, 0) is 4.79 Å². The van der Waals surface area contributed by atoms with E-state index in [1.54, 1.807) is 19.1 Å². The molecule has 21 heavy (non-hydrogen) atoms. The van der Waals surface area contributed by atoms with Crippen LogP contribution in [0.4, 0.5) is 0 Å². The fraction of sp³-hybridized carbons (Fsp3) is 0.357. The van der Waals surface area contributed by atoms with E-state index in [-0.39, 0.29) is 16.4 Å². The Hall–Kier alpha value is -1.70. The van der Waals surface area contributed by atoms with E-state index in [2.05, 4.69) is 9.97 Å². The molecule has 2 atom stereocenters. The van der Waals surface area contributed by atoms with Gasteiger partial charge < -0.3 is 15.2 Å². The van der Waals surface area contributed by atoms with Crippen LogP contribution in [0.2, 0.25) is 0 Å². The fourth-order valence-corrected chi connectivity index (χ4v) is 2.56. The number of carbonyl (C=O) groups excluding carboxylic acids is 1. The fourth-order valence-electron chi connectivity index (χ4n) is 1.97. The minimum atomic E-state index is -1.16. The number of hydrogen-bond donors (Lipinski definition) is 3. The number of aliphatic hydroxyl groups is 2. The lowest BCUT2D eigenvalue weighted by atomic mass is 10.0. The van der Waals surface area contributed by atoms with Crippen LogP contribution in [0.5, 0.6) is 0 Å². The maximum Gasteiger partial charge on any atom is 0.258 e. The van der Waals surface area contributed by atoms with E-state index in [0.717, 1.165) is 11.8 Å². The number of aliphatic hydroxyl groups excluding tert-OH is 2. The molecule has 0 saturated carbocycles. The van der Waals surface area contributed by atoms with E-state index >= 15 is 0 Å². The summed E-state index contributed by atoms with van der Waals surface area (Å²) in [5.74, 6) is 0.607. The Balaban J connectivity index is 2.30. The number of nitrogens with one attached hydrogen (secondary N) is 1. The molecule has 0 aliphatic carbocycles. The van der Waals surface area contributed by atoms with Gasteiger partial charge in [-0.05, 0) is 24.6 Å². The number of thioether (sulfide) groups is 1. The first-order valence-electron chi connectivity index (χ1n) is 6.38. The van der Waals surface area contributed by atoms with Crippen LogP contribution in [0.3, 0.4) is 0 Å². The molecule has 1 aromatic carbocycles. The normalized spacial score (nSPS) is 14.1. The van der Waals surface area contributed by atoms with Crippen LogP contribution in [-0.4, -0.2) is 37.2 Å². The summed E-state index contributed by atoms with van der Waals surface area (Å²) in [6, 6.07) is 4.74. The van der Waals surface area contributed by atoms with Crippen LogP contribution in [0.15, 0.2) is 23.0 Å². The Labute approximate surface area is 125 Å². The largest absolute Gasteiger partial charge is 0.389 e. The molecule has 2 rings (SSSR count). The summed E-state index contributed by atoms with van der Waals surface area (Å²) in [6.07, 6.45) is -2.25. The van der Waals surface area contributed by atoms with Crippen molar-refractivity contribution < 1.29 is 15.0 Å². The lowest BCUT2D eigenvalue weighted by molar-refractivity contribution is -0.109. The van der Waals surface area contributed by atoms with Crippen LogP contribution < -0.4 is 5.56 Å². The van der Waals surface area contributed by atoms with Crippen molar-refractivity contribution in [2.75, 3.05) is 5.75 Å². The van der Waals surface area contributed by atoms with Gasteiger partial charge in [-0.15, -0.1) is 0 Å². The first-order chi connectivity index (χ1) is 9.88.